The second kappa shape index (κ2) is 15.1. The zero-order valence-corrected chi connectivity index (χ0v) is 24.6. The Labute approximate surface area is 247 Å². The third-order valence-electron chi connectivity index (χ3n) is 7.33. The smallest absolute Gasteiger partial charge is 0.217 e. The molecule has 3 aromatic carbocycles. The average molecular weight is 579 g/mol. The first-order chi connectivity index (χ1) is 19.2. The Bertz CT molecular complexity index is 1350. The summed E-state index contributed by atoms with van der Waals surface area (Å²) in [6.07, 6.45) is 6.62. The fourth-order valence-corrected chi connectivity index (χ4v) is 6.41. The van der Waals surface area contributed by atoms with Gasteiger partial charge in [0.1, 0.15) is 18.1 Å². The number of carbonyl (C=O) groups is 1. The third-order valence-corrected chi connectivity index (χ3v) is 8.59. The summed E-state index contributed by atoms with van der Waals surface area (Å²) < 4.78 is 13.3. The molecule has 0 atom stereocenters. The molecule has 4 aromatic rings. The number of benzene rings is 3. The van der Waals surface area contributed by atoms with Gasteiger partial charge in [0.25, 0.3) is 0 Å². The SMILES string of the molecule is Cl.NC(=O)CCCCCOc1ccc(Cc2c(-c3ccc(OCCN4CCCC4)cc3)sc3ccccc23)cc1. The highest BCUT2D eigenvalue weighted by atomic mass is 35.5. The van der Waals surface area contributed by atoms with E-state index in [1.165, 1.54) is 57.6 Å². The first kappa shape index (κ1) is 29.9. The standard InChI is InChI=1S/C33H38N2O3S.ClH/c34-32(36)10-2-1-7-22-37-27-15-11-25(12-16-27)24-30-29-8-3-4-9-31(29)39-33(30)26-13-17-28(18-14-26)38-23-21-35-19-5-6-20-35;/h3-4,8-9,11-18H,1-2,5-7,10,19-24H2,(H2,34,36);1H. The van der Waals surface area contributed by atoms with Crippen LogP contribution < -0.4 is 15.2 Å². The molecule has 1 saturated heterocycles. The van der Waals surface area contributed by atoms with Crippen molar-refractivity contribution in [3.8, 4) is 21.9 Å². The van der Waals surface area contributed by atoms with Crippen LogP contribution in [0, 0.1) is 0 Å². The third kappa shape index (κ3) is 8.23. The number of nitrogens with two attached hydrogens (primary N) is 1. The Morgan fingerprint density at radius 2 is 1.50 bits per heavy atom. The maximum atomic E-state index is 10.8. The van der Waals surface area contributed by atoms with Gasteiger partial charge in [0, 0.05) is 22.5 Å². The maximum Gasteiger partial charge on any atom is 0.217 e. The highest BCUT2D eigenvalue weighted by Gasteiger charge is 2.15. The number of unbranched alkanes of at least 4 members (excludes halogenated alkanes) is 2. The summed E-state index contributed by atoms with van der Waals surface area (Å²) in [5.41, 5.74) is 9.05. The normalized spacial score (nSPS) is 13.3. The Hall–Kier alpha value is -3.06. The van der Waals surface area contributed by atoms with Gasteiger partial charge in [-0.1, -0.05) is 30.3 Å². The number of carbonyl (C=O) groups excluding carboxylic acids is 1. The van der Waals surface area contributed by atoms with Gasteiger partial charge < -0.3 is 15.2 Å². The van der Waals surface area contributed by atoms with Crippen LogP contribution in [0.4, 0.5) is 0 Å². The number of halogens is 1. The number of amides is 1. The maximum absolute atomic E-state index is 10.8. The van der Waals surface area contributed by atoms with Crippen LogP contribution in [0.25, 0.3) is 20.5 Å². The number of rotatable bonds is 14. The molecule has 212 valence electrons. The van der Waals surface area contributed by atoms with Gasteiger partial charge >= 0.3 is 0 Å². The van der Waals surface area contributed by atoms with Gasteiger partial charge in [-0.2, -0.15) is 0 Å². The second-order valence-electron chi connectivity index (χ2n) is 10.3. The number of primary amides is 1. The minimum Gasteiger partial charge on any atom is -0.494 e. The van der Waals surface area contributed by atoms with E-state index >= 15 is 0 Å². The molecule has 2 N–H and O–H groups in total. The van der Waals surface area contributed by atoms with Crippen LogP contribution in [-0.4, -0.2) is 43.7 Å². The predicted octanol–water partition coefficient (Wildman–Crippen LogP) is 7.48. The van der Waals surface area contributed by atoms with Crippen molar-refractivity contribution in [3.63, 3.8) is 0 Å². The van der Waals surface area contributed by atoms with E-state index in [1.54, 1.807) is 0 Å². The van der Waals surface area contributed by atoms with Gasteiger partial charge in [0.2, 0.25) is 5.91 Å². The van der Waals surface area contributed by atoms with E-state index in [1.807, 2.05) is 11.3 Å². The van der Waals surface area contributed by atoms with E-state index in [4.69, 9.17) is 15.2 Å². The molecule has 2 heterocycles. The number of thiophene rings is 1. The van der Waals surface area contributed by atoms with Crippen LogP contribution in [0.2, 0.25) is 0 Å². The molecule has 7 heteroatoms. The fraction of sp³-hybridized carbons (Fsp3) is 0.364. The van der Waals surface area contributed by atoms with Crippen molar-refractivity contribution in [2.45, 2.75) is 44.9 Å². The molecule has 0 bridgehead atoms. The van der Waals surface area contributed by atoms with E-state index in [2.05, 4.69) is 77.7 Å². The molecule has 1 aromatic heterocycles. The highest BCUT2D eigenvalue weighted by Crippen LogP contribution is 2.40. The minimum absolute atomic E-state index is 0. The van der Waals surface area contributed by atoms with E-state index in [0.717, 1.165) is 50.3 Å². The number of nitrogens with zero attached hydrogens (tertiary/aromatic N) is 1. The first-order valence-electron chi connectivity index (χ1n) is 14.1. The Morgan fingerprint density at radius 3 is 2.23 bits per heavy atom. The van der Waals surface area contributed by atoms with E-state index in [9.17, 15) is 4.79 Å². The molecule has 0 aliphatic carbocycles. The lowest BCUT2D eigenvalue weighted by Gasteiger charge is -2.15. The van der Waals surface area contributed by atoms with Crippen molar-refractivity contribution in [2.24, 2.45) is 5.73 Å². The fourth-order valence-electron chi connectivity index (χ4n) is 5.18. The molecule has 1 fully saturated rings. The molecule has 0 unspecified atom stereocenters. The highest BCUT2D eigenvalue weighted by molar-refractivity contribution is 7.22. The lowest BCUT2D eigenvalue weighted by molar-refractivity contribution is -0.118. The quantitative estimate of drug-likeness (QED) is 0.158. The van der Waals surface area contributed by atoms with Gasteiger partial charge in [-0.3, -0.25) is 9.69 Å². The molecule has 5 rings (SSSR count). The average Bonchev–Trinajstić information content (AvgIpc) is 3.60. The summed E-state index contributed by atoms with van der Waals surface area (Å²) in [6, 6.07) is 25.7. The van der Waals surface area contributed by atoms with Crippen LogP contribution in [0.5, 0.6) is 11.5 Å². The van der Waals surface area contributed by atoms with E-state index < -0.39 is 0 Å². The van der Waals surface area contributed by atoms with Gasteiger partial charge in [-0.15, -0.1) is 23.7 Å². The van der Waals surface area contributed by atoms with Crippen molar-refractivity contribution in [1.82, 2.24) is 4.90 Å². The number of hydrogen-bond acceptors (Lipinski definition) is 5. The zero-order valence-electron chi connectivity index (χ0n) is 23.0. The summed E-state index contributed by atoms with van der Waals surface area (Å²) in [7, 11) is 0. The lowest BCUT2D eigenvalue weighted by Crippen LogP contribution is -2.25. The summed E-state index contributed by atoms with van der Waals surface area (Å²) >= 11 is 1.86. The molecule has 5 nitrogen and oxygen atoms in total. The lowest BCUT2D eigenvalue weighted by atomic mass is 9.99. The van der Waals surface area contributed by atoms with E-state index in [-0.39, 0.29) is 18.3 Å². The monoisotopic (exact) mass is 578 g/mol. The zero-order chi connectivity index (χ0) is 26.9. The molecule has 0 radical (unpaired) electrons. The van der Waals surface area contributed by atoms with E-state index in [0.29, 0.717) is 13.0 Å². The molecule has 1 amide bonds. The molecular weight excluding hydrogens is 540 g/mol. The number of ether oxygens (including phenoxy) is 2. The molecule has 1 aliphatic heterocycles. The van der Waals surface area contributed by atoms with Crippen LogP contribution >= 0.6 is 23.7 Å². The van der Waals surface area contributed by atoms with Gasteiger partial charge in [-0.25, -0.2) is 0 Å². The second-order valence-corrected chi connectivity index (χ2v) is 11.3. The minimum atomic E-state index is -0.234. The van der Waals surface area contributed by atoms with Crippen molar-refractivity contribution in [1.29, 1.82) is 0 Å². The summed E-state index contributed by atoms with van der Waals surface area (Å²) in [5.74, 6) is 1.58. The summed E-state index contributed by atoms with van der Waals surface area (Å²) in [4.78, 5) is 14.6. The first-order valence-corrected chi connectivity index (χ1v) is 14.9. The van der Waals surface area contributed by atoms with Crippen LogP contribution in [-0.2, 0) is 11.2 Å². The van der Waals surface area contributed by atoms with Gasteiger partial charge in [-0.05, 0) is 116 Å². The summed E-state index contributed by atoms with van der Waals surface area (Å²) in [6.45, 7) is 4.79. The van der Waals surface area contributed by atoms with Crippen molar-refractivity contribution >= 4 is 39.7 Å². The van der Waals surface area contributed by atoms with Crippen molar-refractivity contribution in [3.05, 3.63) is 83.9 Å². The van der Waals surface area contributed by atoms with Crippen LogP contribution in [0.15, 0.2) is 72.8 Å². The largest absolute Gasteiger partial charge is 0.494 e. The summed E-state index contributed by atoms with van der Waals surface area (Å²) in [5, 5.41) is 1.32. The number of hydrogen-bond donors (Lipinski definition) is 1. The van der Waals surface area contributed by atoms with Gasteiger partial charge in [0.05, 0.1) is 6.61 Å². The predicted molar refractivity (Wildman–Crippen MR) is 168 cm³/mol. The van der Waals surface area contributed by atoms with Crippen LogP contribution in [0.3, 0.4) is 0 Å². The topological polar surface area (TPSA) is 64.8 Å². The van der Waals surface area contributed by atoms with Gasteiger partial charge in [0.15, 0.2) is 0 Å². The Balaban J connectivity index is 0.00000370. The molecule has 0 saturated carbocycles. The van der Waals surface area contributed by atoms with Crippen molar-refractivity contribution < 1.29 is 14.3 Å². The Morgan fingerprint density at radius 1 is 0.825 bits per heavy atom. The van der Waals surface area contributed by atoms with Crippen LogP contribution in [0.1, 0.15) is 49.7 Å². The molecule has 0 spiro atoms. The molecular formula is C33H39ClN2O3S. The number of likely N-dealkylation sites (tertiary alicyclic amines) is 1. The van der Waals surface area contributed by atoms with Crippen molar-refractivity contribution in [2.75, 3.05) is 32.8 Å². The molecule has 1 aliphatic rings. The molecule has 40 heavy (non-hydrogen) atoms. The number of fused-ring (bicyclic) bond motifs is 1. The Kier molecular flexibility index (Phi) is 11.3.